The number of anilines is 2. The van der Waals surface area contributed by atoms with Gasteiger partial charge in [-0.15, -0.1) is 0 Å². The van der Waals surface area contributed by atoms with Crippen LogP contribution in [0.25, 0.3) is 0 Å². The molecule has 0 saturated carbocycles. The van der Waals surface area contributed by atoms with Crippen LogP contribution in [0, 0.1) is 6.92 Å². The van der Waals surface area contributed by atoms with Gasteiger partial charge in [0.15, 0.2) is 6.10 Å². The molecular formula is C19H22N2O5S. The minimum absolute atomic E-state index is 0.0910. The zero-order valence-corrected chi connectivity index (χ0v) is 16.2. The molecule has 1 N–H and O–H groups in total. The fraction of sp³-hybridized carbons (Fsp3) is 0.316. The van der Waals surface area contributed by atoms with Gasteiger partial charge >= 0.3 is 0 Å². The summed E-state index contributed by atoms with van der Waals surface area (Å²) in [4.78, 5) is 12.7. The first-order valence-corrected chi connectivity index (χ1v) is 10.4. The molecule has 7 nitrogen and oxygen atoms in total. The Morgan fingerprint density at radius 1 is 1.30 bits per heavy atom. The van der Waals surface area contributed by atoms with Gasteiger partial charge in [0, 0.05) is 11.8 Å². The summed E-state index contributed by atoms with van der Waals surface area (Å²) >= 11 is 0. The lowest BCUT2D eigenvalue weighted by atomic mass is 10.1. The highest BCUT2D eigenvalue weighted by Gasteiger charge is 2.35. The number of aryl methyl sites for hydroxylation is 1. The zero-order valence-electron chi connectivity index (χ0n) is 15.4. The molecule has 0 saturated heterocycles. The third-order valence-corrected chi connectivity index (χ3v) is 5.24. The van der Waals surface area contributed by atoms with E-state index < -0.39 is 22.0 Å². The molecule has 1 aliphatic heterocycles. The zero-order chi connectivity index (χ0) is 19.6. The van der Waals surface area contributed by atoms with E-state index in [1.165, 1.54) is 4.31 Å². The second-order valence-corrected chi connectivity index (χ2v) is 8.23. The summed E-state index contributed by atoms with van der Waals surface area (Å²) in [6.45, 7) is 4.17. The van der Waals surface area contributed by atoms with Crippen molar-refractivity contribution in [1.29, 1.82) is 0 Å². The highest BCUT2D eigenvalue weighted by atomic mass is 32.2. The minimum atomic E-state index is -3.56. The number of fused-ring (bicyclic) bond motifs is 1. The predicted molar refractivity (Wildman–Crippen MR) is 104 cm³/mol. The van der Waals surface area contributed by atoms with Crippen molar-refractivity contribution in [2.24, 2.45) is 0 Å². The highest BCUT2D eigenvalue weighted by molar-refractivity contribution is 7.92. The third-order valence-electron chi connectivity index (χ3n) is 4.09. The van der Waals surface area contributed by atoms with Crippen LogP contribution >= 0.6 is 0 Å². The minimum Gasteiger partial charge on any atom is -0.494 e. The summed E-state index contributed by atoms with van der Waals surface area (Å²) in [5.74, 6) is 0.572. The molecule has 27 heavy (non-hydrogen) atoms. The number of sulfonamides is 1. The number of rotatable bonds is 5. The van der Waals surface area contributed by atoms with Crippen molar-refractivity contribution in [3.05, 3.63) is 48.0 Å². The number of carbonyl (C=O) groups is 1. The summed E-state index contributed by atoms with van der Waals surface area (Å²) in [6.07, 6.45) is 0.149. The van der Waals surface area contributed by atoms with Gasteiger partial charge in [0.05, 0.1) is 25.1 Å². The van der Waals surface area contributed by atoms with Crippen LogP contribution in [0.4, 0.5) is 11.4 Å². The van der Waals surface area contributed by atoms with Crippen LogP contribution in [-0.2, 0) is 14.8 Å². The molecule has 3 rings (SSSR count). The molecule has 0 aliphatic carbocycles. The normalized spacial score (nSPS) is 16.3. The van der Waals surface area contributed by atoms with Gasteiger partial charge in [-0.05, 0) is 43.7 Å². The fourth-order valence-corrected chi connectivity index (χ4v) is 3.77. The lowest BCUT2D eigenvalue weighted by molar-refractivity contribution is -0.122. The molecule has 0 bridgehead atoms. The summed E-state index contributed by atoms with van der Waals surface area (Å²) in [5.41, 5.74) is 1.90. The van der Waals surface area contributed by atoms with Crippen molar-refractivity contribution in [3.8, 4) is 11.5 Å². The lowest BCUT2D eigenvalue weighted by Crippen LogP contribution is -2.48. The Labute approximate surface area is 158 Å². The maximum Gasteiger partial charge on any atom is 0.267 e. The summed E-state index contributed by atoms with van der Waals surface area (Å²) in [7, 11) is -3.56. The SMILES string of the molecule is CCOc1cccc(NC(=O)C2CN(S(C)(=O)=O)c3cc(C)ccc3O2)c1. The van der Waals surface area contributed by atoms with E-state index in [0.29, 0.717) is 29.5 Å². The molecule has 1 atom stereocenters. The van der Waals surface area contributed by atoms with Crippen molar-refractivity contribution < 1.29 is 22.7 Å². The Kier molecular flexibility index (Phi) is 5.27. The first kappa shape index (κ1) is 19.0. The van der Waals surface area contributed by atoms with E-state index in [2.05, 4.69) is 5.32 Å². The molecule has 1 unspecified atom stereocenters. The molecule has 1 amide bonds. The highest BCUT2D eigenvalue weighted by Crippen LogP contribution is 2.36. The van der Waals surface area contributed by atoms with Crippen LogP contribution < -0.4 is 19.1 Å². The lowest BCUT2D eigenvalue weighted by Gasteiger charge is -2.34. The number of hydrogen-bond acceptors (Lipinski definition) is 5. The summed E-state index contributed by atoms with van der Waals surface area (Å²) < 4.78 is 36.9. The molecular weight excluding hydrogens is 368 g/mol. The molecule has 2 aromatic carbocycles. The van der Waals surface area contributed by atoms with Crippen LogP contribution in [0.2, 0.25) is 0 Å². The van der Waals surface area contributed by atoms with Crippen molar-refractivity contribution in [2.75, 3.05) is 29.0 Å². The second kappa shape index (κ2) is 7.48. The molecule has 0 fully saturated rings. The number of benzene rings is 2. The van der Waals surface area contributed by atoms with E-state index in [-0.39, 0.29) is 6.54 Å². The van der Waals surface area contributed by atoms with Crippen LogP contribution in [0.5, 0.6) is 11.5 Å². The van der Waals surface area contributed by atoms with Gasteiger partial charge in [-0.1, -0.05) is 12.1 Å². The molecule has 0 radical (unpaired) electrons. The number of carbonyl (C=O) groups excluding carboxylic acids is 1. The van der Waals surface area contributed by atoms with Crippen LogP contribution in [0.1, 0.15) is 12.5 Å². The maximum absolute atomic E-state index is 12.7. The van der Waals surface area contributed by atoms with Crippen LogP contribution in [-0.4, -0.2) is 39.8 Å². The standard InChI is InChI=1S/C19H22N2O5S/c1-4-25-15-7-5-6-14(11-15)20-19(22)18-12-21(27(3,23)24)16-10-13(2)8-9-17(16)26-18/h5-11,18H,4,12H2,1-3H3,(H,20,22). The predicted octanol–water partition coefficient (Wildman–Crippen LogP) is 2.56. The van der Waals surface area contributed by atoms with E-state index >= 15 is 0 Å². The Balaban J connectivity index is 1.84. The molecule has 8 heteroatoms. The largest absolute Gasteiger partial charge is 0.494 e. The van der Waals surface area contributed by atoms with Gasteiger partial charge in [-0.3, -0.25) is 9.10 Å². The number of nitrogens with zero attached hydrogens (tertiary/aromatic N) is 1. The Bertz CT molecular complexity index is 958. The Morgan fingerprint density at radius 3 is 2.78 bits per heavy atom. The van der Waals surface area contributed by atoms with Gasteiger partial charge < -0.3 is 14.8 Å². The van der Waals surface area contributed by atoms with Crippen molar-refractivity contribution >= 4 is 27.3 Å². The number of nitrogens with one attached hydrogen (secondary N) is 1. The number of amides is 1. The van der Waals surface area contributed by atoms with Crippen molar-refractivity contribution in [2.45, 2.75) is 20.0 Å². The first-order valence-electron chi connectivity index (χ1n) is 8.56. The van der Waals surface area contributed by atoms with Gasteiger partial charge in [-0.25, -0.2) is 8.42 Å². The molecule has 1 aliphatic rings. The molecule has 0 aromatic heterocycles. The smallest absolute Gasteiger partial charge is 0.267 e. The second-order valence-electron chi connectivity index (χ2n) is 6.32. The van der Waals surface area contributed by atoms with Gasteiger partial charge in [0.1, 0.15) is 11.5 Å². The maximum atomic E-state index is 12.7. The van der Waals surface area contributed by atoms with Gasteiger partial charge in [0.25, 0.3) is 5.91 Å². The van der Waals surface area contributed by atoms with Gasteiger partial charge in [-0.2, -0.15) is 0 Å². The van der Waals surface area contributed by atoms with Gasteiger partial charge in [0.2, 0.25) is 10.0 Å². The van der Waals surface area contributed by atoms with E-state index in [0.717, 1.165) is 11.8 Å². The molecule has 2 aromatic rings. The quantitative estimate of drug-likeness (QED) is 0.848. The van der Waals surface area contributed by atoms with Crippen LogP contribution in [0.3, 0.4) is 0 Å². The monoisotopic (exact) mass is 390 g/mol. The van der Waals surface area contributed by atoms with Crippen molar-refractivity contribution in [3.63, 3.8) is 0 Å². The Morgan fingerprint density at radius 2 is 2.07 bits per heavy atom. The van der Waals surface area contributed by atoms with E-state index in [4.69, 9.17) is 9.47 Å². The topological polar surface area (TPSA) is 84.9 Å². The van der Waals surface area contributed by atoms with E-state index in [1.54, 1.807) is 36.4 Å². The number of ether oxygens (including phenoxy) is 2. The summed E-state index contributed by atoms with van der Waals surface area (Å²) in [5, 5.41) is 2.76. The Hall–Kier alpha value is -2.74. The van der Waals surface area contributed by atoms with Crippen LogP contribution in [0.15, 0.2) is 42.5 Å². The average Bonchev–Trinajstić information content (AvgIpc) is 2.60. The fourth-order valence-electron chi connectivity index (χ4n) is 2.86. The van der Waals surface area contributed by atoms with E-state index in [1.807, 2.05) is 19.9 Å². The first-order chi connectivity index (χ1) is 12.8. The average molecular weight is 390 g/mol. The number of hydrogen-bond donors (Lipinski definition) is 1. The third kappa shape index (κ3) is 4.33. The molecule has 144 valence electrons. The molecule has 0 spiro atoms. The molecule has 1 heterocycles. The van der Waals surface area contributed by atoms with E-state index in [9.17, 15) is 13.2 Å². The van der Waals surface area contributed by atoms with Crippen molar-refractivity contribution in [1.82, 2.24) is 0 Å². The summed E-state index contributed by atoms with van der Waals surface area (Å²) in [6, 6.07) is 12.2.